The van der Waals surface area contributed by atoms with Gasteiger partial charge in [0.15, 0.2) is 0 Å². The van der Waals surface area contributed by atoms with Crippen molar-refractivity contribution in [1.29, 1.82) is 0 Å². The fraction of sp³-hybridized carbons (Fsp3) is 0.692. The Morgan fingerprint density at radius 2 is 2.05 bits per heavy atom. The van der Waals surface area contributed by atoms with E-state index in [9.17, 15) is 4.79 Å². The van der Waals surface area contributed by atoms with Crippen LogP contribution in [0.1, 0.15) is 19.0 Å². The van der Waals surface area contributed by atoms with Crippen molar-refractivity contribution in [3.63, 3.8) is 0 Å². The third-order valence-electron chi connectivity index (χ3n) is 3.53. The predicted octanol–water partition coefficient (Wildman–Crippen LogP) is 0.495. The molecular weight excluding hydrogens is 244 g/mol. The molecule has 1 N–H and O–H groups in total. The molecule has 0 saturated carbocycles. The van der Waals surface area contributed by atoms with Gasteiger partial charge >= 0.3 is 5.97 Å². The lowest BCUT2D eigenvalue weighted by Gasteiger charge is -2.21. The predicted molar refractivity (Wildman–Crippen MR) is 71.9 cm³/mol. The number of carboxylic acid groups (broad SMARTS) is 1. The zero-order valence-electron chi connectivity index (χ0n) is 11.5. The molecule has 0 spiro atoms. The van der Waals surface area contributed by atoms with Crippen LogP contribution >= 0.6 is 0 Å². The van der Waals surface area contributed by atoms with Crippen LogP contribution in [0.15, 0.2) is 12.3 Å². The van der Waals surface area contributed by atoms with Crippen molar-refractivity contribution in [3.8, 4) is 0 Å². The molecule has 19 heavy (non-hydrogen) atoms. The Bertz CT molecular complexity index is 419. The Balaban J connectivity index is 1.87. The minimum atomic E-state index is -0.738. The van der Waals surface area contributed by atoms with E-state index < -0.39 is 5.97 Å². The fourth-order valence-electron chi connectivity index (χ4n) is 2.54. The maximum Gasteiger partial charge on any atom is 0.317 e. The Hall–Kier alpha value is -1.40. The molecule has 1 fully saturated rings. The second-order valence-corrected chi connectivity index (χ2v) is 4.94. The van der Waals surface area contributed by atoms with Crippen LogP contribution in [0.2, 0.25) is 0 Å². The van der Waals surface area contributed by atoms with E-state index in [1.807, 2.05) is 15.8 Å². The van der Waals surface area contributed by atoms with Gasteiger partial charge in [-0.05, 0) is 26.0 Å². The number of hydrogen-bond acceptors (Lipinski definition) is 4. The van der Waals surface area contributed by atoms with Crippen LogP contribution in [0, 0.1) is 0 Å². The molecule has 1 aromatic heterocycles. The Labute approximate surface area is 113 Å². The normalized spacial score (nSPS) is 18.4. The third kappa shape index (κ3) is 4.04. The SMILES string of the molecule is CCn1nccc1CN1CCCN(CC(=O)O)CC1. The van der Waals surface area contributed by atoms with E-state index in [1.165, 1.54) is 5.69 Å². The molecule has 0 aliphatic carbocycles. The molecule has 1 aromatic rings. The summed E-state index contributed by atoms with van der Waals surface area (Å²) in [5.74, 6) is -0.738. The number of aliphatic carboxylic acids is 1. The zero-order chi connectivity index (χ0) is 13.7. The lowest BCUT2D eigenvalue weighted by Crippen LogP contribution is -2.34. The third-order valence-corrected chi connectivity index (χ3v) is 3.53. The summed E-state index contributed by atoms with van der Waals surface area (Å²) in [5.41, 5.74) is 1.23. The van der Waals surface area contributed by atoms with Crippen molar-refractivity contribution in [3.05, 3.63) is 18.0 Å². The quantitative estimate of drug-likeness (QED) is 0.840. The molecule has 2 heterocycles. The summed E-state index contributed by atoms with van der Waals surface area (Å²) in [6.07, 6.45) is 2.86. The summed E-state index contributed by atoms with van der Waals surface area (Å²) in [4.78, 5) is 15.1. The summed E-state index contributed by atoms with van der Waals surface area (Å²) in [5, 5.41) is 13.1. The van der Waals surface area contributed by atoms with Gasteiger partial charge in [-0.2, -0.15) is 5.10 Å². The molecule has 1 aliphatic rings. The molecule has 2 rings (SSSR count). The van der Waals surface area contributed by atoms with Crippen molar-refractivity contribution in [1.82, 2.24) is 19.6 Å². The summed E-state index contributed by atoms with van der Waals surface area (Å²) in [7, 11) is 0. The van der Waals surface area contributed by atoms with Gasteiger partial charge < -0.3 is 5.11 Å². The number of hydrogen-bond donors (Lipinski definition) is 1. The number of aryl methyl sites for hydroxylation is 1. The van der Waals surface area contributed by atoms with Crippen LogP contribution in [0.3, 0.4) is 0 Å². The average Bonchev–Trinajstić information content (AvgIpc) is 2.70. The van der Waals surface area contributed by atoms with Crippen molar-refractivity contribution < 1.29 is 9.90 Å². The van der Waals surface area contributed by atoms with E-state index in [4.69, 9.17) is 5.11 Å². The van der Waals surface area contributed by atoms with Gasteiger partial charge in [0.1, 0.15) is 0 Å². The van der Waals surface area contributed by atoms with E-state index in [0.717, 1.165) is 45.7 Å². The van der Waals surface area contributed by atoms with Crippen LogP contribution in [0.5, 0.6) is 0 Å². The Morgan fingerprint density at radius 1 is 1.32 bits per heavy atom. The number of nitrogens with zero attached hydrogens (tertiary/aromatic N) is 4. The highest BCUT2D eigenvalue weighted by Gasteiger charge is 2.17. The van der Waals surface area contributed by atoms with Crippen molar-refractivity contribution in [2.45, 2.75) is 26.4 Å². The smallest absolute Gasteiger partial charge is 0.317 e. The minimum absolute atomic E-state index is 0.154. The monoisotopic (exact) mass is 266 g/mol. The van der Waals surface area contributed by atoms with Gasteiger partial charge in [0.05, 0.1) is 12.2 Å². The molecule has 0 amide bonds. The molecule has 1 aliphatic heterocycles. The molecule has 0 atom stereocenters. The second-order valence-electron chi connectivity index (χ2n) is 4.94. The first-order valence-corrected chi connectivity index (χ1v) is 6.86. The van der Waals surface area contributed by atoms with Gasteiger partial charge in [-0.3, -0.25) is 19.3 Å². The van der Waals surface area contributed by atoms with Gasteiger partial charge in [-0.25, -0.2) is 0 Å². The zero-order valence-corrected chi connectivity index (χ0v) is 11.5. The summed E-state index contributed by atoms with van der Waals surface area (Å²) in [6, 6.07) is 2.06. The average molecular weight is 266 g/mol. The maximum atomic E-state index is 10.7. The number of carbonyl (C=O) groups is 1. The fourth-order valence-corrected chi connectivity index (χ4v) is 2.54. The van der Waals surface area contributed by atoms with E-state index in [-0.39, 0.29) is 6.54 Å². The summed E-state index contributed by atoms with van der Waals surface area (Å²) < 4.78 is 2.01. The molecular formula is C13H22N4O2. The van der Waals surface area contributed by atoms with Crippen LogP contribution in [0.25, 0.3) is 0 Å². The summed E-state index contributed by atoms with van der Waals surface area (Å²) in [6.45, 7) is 7.67. The molecule has 0 aromatic carbocycles. The van der Waals surface area contributed by atoms with Gasteiger partial charge in [0.2, 0.25) is 0 Å². The largest absolute Gasteiger partial charge is 0.480 e. The van der Waals surface area contributed by atoms with Gasteiger partial charge in [-0.15, -0.1) is 0 Å². The van der Waals surface area contributed by atoms with Crippen LogP contribution in [0.4, 0.5) is 0 Å². The van der Waals surface area contributed by atoms with Crippen molar-refractivity contribution in [2.24, 2.45) is 0 Å². The summed E-state index contributed by atoms with van der Waals surface area (Å²) >= 11 is 0. The second kappa shape index (κ2) is 6.68. The first-order chi connectivity index (χ1) is 9.19. The Kier molecular flexibility index (Phi) is 4.93. The van der Waals surface area contributed by atoms with Gasteiger partial charge in [0, 0.05) is 38.9 Å². The van der Waals surface area contributed by atoms with Crippen LogP contribution in [-0.4, -0.2) is 63.4 Å². The van der Waals surface area contributed by atoms with Gasteiger partial charge in [0.25, 0.3) is 0 Å². The first kappa shape index (κ1) is 14.0. The van der Waals surface area contributed by atoms with E-state index in [1.54, 1.807) is 0 Å². The highest BCUT2D eigenvalue weighted by molar-refractivity contribution is 5.69. The van der Waals surface area contributed by atoms with Crippen molar-refractivity contribution >= 4 is 5.97 Å². The molecule has 0 radical (unpaired) electrons. The van der Waals surface area contributed by atoms with E-state index in [0.29, 0.717) is 0 Å². The number of carboxylic acids is 1. The van der Waals surface area contributed by atoms with E-state index in [2.05, 4.69) is 23.0 Å². The molecule has 6 nitrogen and oxygen atoms in total. The van der Waals surface area contributed by atoms with E-state index >= 15 is 0 Å². The lowest BCUT2D eigenvalue weighted by molar-refractivity contribution is -0.138. The molecule has 0 unspecified atom stereocenters. The number of rotatable bonds is 5. The van der Waals surface area contributed by atoms with Crippen molar-refractivity contribution in [2.75, 3.05) is 32.7 Å². The highest BCUT2D eigenvalue weighted by atomic mass is 16.4. The van der Waals surface area contributed by atoms with Crippen LogP contribution < -0.4 is 0 Å². The molecule has 106 valence electrons. The standard InChI is InChI=1S/C13H22N4O2/c1-2-17-12(4-5-14-17)10-15-6-3-7-16(9-8-15)11-13(18)19/h4-5H,2-3,6-11H2,1H3,(H,18,19). The maximum absolute atomic E-state index is 10.7. The first-order valence-electron chi connectivity index (χ1n) is 6.86. The minimum Gasteiger partial charge on any atom is -0.480 e. The molecule has 6 heteroatoms. The highest BCUT2D eigenvalue weighted by Crippen LogP contribution is 2.08. The molecule has 1 saturated heterocycles. The van der Waals surface area contributed by atoms with Crippen LogP contribution in [-0.2, 0) is 17.9 Å². The number of aromatic nitrogens is 2. The lowest BCUT2D eigenvalue weighted by atomic mass is 10.3. The molecule has 0 bridgehead atoms. The Morgan fingerprint density at radius 3 is 2.79 bits per heavy atom. The van der Waals surface area contributed by atoms with Gasteiger partial charge in [-0.1, -0.05) is 0 Å². The topological polar surface area (TPSA) is 61.6 Å².